The topological polar surface area (TPSA) is 89.5 Å². The molecule has 3 rings (SSSR count). The summed E-state index contributed by atoms with van der Waals surface area (Å²) in [6.07, 6.45) is 5.54. The predicted octanol–water partition coefficient (Wildman–Crippen LogP) is 3.92. The van der Waals surface area contributed by atoms with Gasteiger partial charge in [-0.1, -0.05) is 25.2 Å². The van der Waals surface area contributed by atoms with E-state index in [-0.39, 0.29) is 29.8 Å². The number of cyclic esters (lactones) is 1. The van der Waals surface area contributed by atoms with Gasteiger partial charge in [-0.3, -0.25) is 4.79 Å². The van der Waals surface area contributed by atoms with E-state index >= 15 is 0 Å². The molecule has 4 atom stereocenters. The summed E-state index contributed by atoms with van der Waals surface area (Å²) in [4.78, 5) is 26.0. The maximum Gasteiger partial charge on any atom is 0.342 e. The number of hydrogen-bond donors (Lipinski definition) is 0. The summed E-state index contributed by atoms with van der Waals surface area (Å²) in [5.74, 6) is -1.01. The molecule has 1 aromatic carbocycles. The molecule has 0 saturated carbocycles. The van der Waals surface area contributed by atoms with Crippen LogP contribution in [-0.4, -0.2) is 56.9 Å². The van der Waals surface area contributed by atoms with Crippen LogP contribution in [-0.2, 0) is 23.7 Å². The number of fused-ring (bicyclic) bond motifs is 2. The highest BCUT2D eigenvalue weighted by molar-refractivity contribution is 5.97. The number of ketones is 1. The minimum atomic E-state index is -0.874. The molecular formula is C25H32O8. The van der Waals surface area contributed by atoms with Crippen molar-refractivity contribution in [2.45, 2.75) is 58.2 Å². The molecule has 8 nitrogen and oxygen atoms in total. The lowest BCUT2D eigenvalue weighted by atomic mass is 9.99. The zero-order chi connectivity index (χ0) is 24.2. The first-order valence-corrected chi connectivity index (χ1v) is 10.9. The van der Waals surface area contributed by atoms with Gasteiger partial charge in [0.05, 0.1) is 13.2 Å². The number of hydrogen-bond acceptors (Lipinski definition) is 8. The number of carbonyl (C=O) groups is 2. The van der Waals surface area contributed by atoms with E-state index in [4.69, 9.17) is 28.4 Å². The second-order valence-electron chi connectivity index (χ2n) is 8.60. The van der Waals surface area contributed by atoms with Crippen molar-refractivity contribution < 1.29 is 38.0 Å². The lowest BCUT2D eigenvalue weighted by Gasteiger charge is -2.21. The number of ether oxygens (including phenoxy) is 6. The number of esters is 1. The van der Waals surface area contributed by atoms with E-state index in [2.05, 4.69) is 0 Å². The zero-order valence-corrected chi connectivity index (χ0v) is 20.0. The van der Waals surface area contributed by atoms with E-state index in [0.717, 1.165) is 0 Å². The van der Waals surface area contributed by atoms with Crippen LogP contribution in [0.3, 0.4) is 0 Å². The predicted molar refractivity (Wildman–Crippen MR) is 121 cm³/mol. The quantitative estimate of drug-likeness (QED) is 0.493. The average molecular weight is 461 g/mol. The molecule has 0 N–H and O–H groups in total. The monoisotopic (exact) mass is 460 g/mol. The molecule has 2 aliphatic heterocycles. The van der Waals surface area contributed by atoms with Crippen molar-refractivity contribution in [2.75, 3.05) is 21.0 Å². The van der Waals surface area contributed by atoms with E-state index in [1.54, 1.807) is 45.1 Å². The Bertz CT molecular complexity index is 933. The first-order chi connectivity index (χ1) is 15.6. The van der Waals surface area contributed by atoms with Crippen molar-refractivity contribution in [3.05, 3.63) is 41.5 Å². The van der Waals surface area contributed by atoms with E-state index in [9.17, 15) is 9.59 Å². The Morgan fingerprint density at radius 1 is 1.09 bits per heavy atom. The smallest absolute Gasteiger partial charge is 0.342 e. The van der Waals surface area contributed by atoms with Crippen LogP contribution in [0.4, 0.5) is 0 Å². The molecule has 2 heterocycles. The first-order valence-electron chi connectivity index (χ1n) is 10.9. The Morgan fingerprint density at radius 3 is 2.55 bits per heavy atom. The minimum Gasteiger partial charge on any atom is -0.497 e. The molecule has 2 aliphatic rings. The van der Waals surface area contributed by atoms with E-state index in [1.807, 2.05) is 13.0 Å². The van der Waals surface area contributed by atoms with Gasteiger partial charge in [-0.05, 0) is 44.9 Å². The van der Waals surface area contributed by atoms with Gasteiger partial charge >= 0.3 is 5.97 Å². The normalized spacial score (nSPS) is 28.3. The lowest BCUT2D eigenvalue weighted by Crippen LogP contribution is -2.30. The van der Waals surface area contributed by atoms with Gasteiger partial charge < -0.3 is 28.4 Å². The van der Waals surface area contributed by atoms with Gasteiger partial charge in [-0.25, -0.2) is 4.79 Å². The molecule has 8 heteroatoms. The lowest BCUT2D eigenvalue weighted by molar-refractivity contribution is -0.152. The zero-order valence-electron chi connectivity index (χ0n) is 20.0. The van der Waals surface area contributed by atoms with E-state index < -0.39 is 30.1 Å². The fourth-order valence-electron chi connectivity index (χ4n) is 3.73. The molecule has 33 heavy (non-hydrogen) atoms. The van der Waals surface area contributed by atoms with Crippen LogP contribution in [0.15, 0.2) is 30.4 Å². The molecule has 0 bridgehead atoms. The van der Waals surface area contributed by atoms with Crippen molar-refractivity contribution in [1.82, 2.24) is 0 Å². The number of methoxy groups -OCH3 is 2. The molecule has 0 aliphatic carbocycles. The van der Waals surface area contributed by atoms with Crippen LogP contribution >= 0.6 is 0 Å². The van der Waals surface area contributed by atoms with Crippen LogP contribution in [0.1, 0.15) is 50.0 Å². The largest absolute Gasteiger partial charge is 0.497 e. The molecule has 1 fully saturated rings. The summed E-state index contributed by atoms with van der Waals surface area (Å²) in [6, 6.07) is 3.35. The van der Waals surface area contributed by atoms with Gasteiger partial charge in [-0.2, -0.15) is 0 Å². The summed E-state index contributed by atoms with van der Waals surface area (Å²) in [7, 11) is 3.03. The van der Waals surface area contributed by atoms with E-state index in [1.165, 1.54) is 20.3 Å². The van der Waals surface area contributed by atoms with Crippen molar-refractivity contribution in [3.63, 3.8) is 0 Å². The SMILES string of the molecule is COCOc1cc(OC)cc2c1C(=O)O[C@@H](C)[C@H](C)/C=C\C(=O)[C@H]1OC(C)(C)O[C@H]1CC=C2. The molecule has 1 aromatic rings. The van der Waals surface area contributed by atoms with Gasteiger partial charge in [0.15, 0.2) is 18.4 Å². The summed E-state index contributed by atoms with van der Waals surface area (Å²) in [5.41, 5.74) is 0.819. The summed E-state index contributed by atoms with van der Waals surface area (Å²) in [5, 5.41) is 0. The first kappa shape index (κ1) is 25.0. The van der Waals surface area contributed by atoms with Gasteiger partial charge in [0.2, 0.25) is 0 Å². The highest BCUT2D eigenvalue weighted by Gasteiger charge is 2.43. The summed E-state index contributed by atoms with van der Waals surface area (Å²) < 4.78 is 33.7. The molecule has 0 unspecified atom stereocenters. The van der Waals surface area contributed by atoms with Crippen LogP contribution in [0.25, 0.3) is 6.08 Å². The Kier molecular flexibility index (Phi) is 7.94. The van der Waals surface area contributed by atoms with Gasteiger partial charge in [0, 0.05) is 19.1 Å². The van der Waals surface area contributed by atoms with Gasteiger partial charge in [0.25, 0.3) is 0 Å². The average Bonchev–Trinajstić information content (AvgIpc) is 3.08. The number of carbonyl (C=O) groups excluding carboxylic acids is 2. The Hall–Kier alpha value is -2.68. The van der Waals surface area contributed by atoms with Crippen LogP contribution in [0.5, 0.6) is 11.5 Å². The van der Waals surface area contributed by atoms with Gasteiger partial charge in [-0.15, -0.1) is 0 Å². The van der Waals surface area contributed by atoms with Crippen molar-refractivity contribution in [3.8, 4) is 11.5 Å². The summed E-state index contributed by atoms with van der Waals surface area (Å²) in [6.45, 7) is 7.17. The highest BCUT2D eigenvalue weighted by atomic mass is 16.8. The fourth-order valence-corrected chi connectivity index (χ4v) is 3.73. The minimum absolute atomic E-state index is 0.0442. The standard InChI is InChI=1S/C25H32O8/c1-15-10-11-19(26)23-20(32-25(3,4)33-23)9-7-8-17-12-18(29-6)13-21(30-14-28-5)22(17)24(27)31-16(15)2/h7-8,10-13,15-16,20,23H,9,14H2,1-6H3/b8-7?,11-10-/t15-,16+,20+,23-/m1/s1. The molecule has 1 saturated heterocycles. The Labute approximate surface area is 194 Å². The molecule has 0 spiro atoms. The van der Waals surface area contributed by atoms with Crippen LogP contribution in [0.2, 0.25) is 0 Å². The Morgan fingerprint density at radius 2 is 1.85 bits per heavy atom. The van der Waals surface area contributed by atoms with Crippen molar-refractivity contribution >= 4 is 17.8 Å². The van der Waals surface area contributed by atoms with Crippen LogP contribution < -0.4 is 9.47 Å². The van der Waals surface area contributed by atoms with Crippen LogP contribution in [0, 0.1) is 5.92 Å². The Balaban J connectivity index is 2.07. The molecule has 0 amide bonds. The third kappa shape index (κ3) is 6.01. The fraction of sp³-hybridized carbons (Fsp3) is 0.520. The number of benzene rings is 1. The second kappa shape index (κ2) is 10.5. The molecule has 0 aromatic heterocycles. The highest BCUT2D eigenvalue weighted by Crippen LogP contribution is 2.34. The molecular weight excluding hydrogens is 428 g/mol. The third-order valence-corrected chi connectivity index (χ3v) is 5.61. The molecule has 0 radical (unpaired) electrons. The summed E-state index contributed by atoms with van der Waals surface area (Å²) >= 11 is 0. The maximum absolute atomic E-state index is 13.2. The maximum atomic E-state index is 13.2. The molecule has 180 valence electrons. The van der Waals surface area contributed by atoms with Crippen molar-refractivity contribution in [2.24, 2.45) is 5.92 Å². The second-order valence-corrected chi connectivity index (χ2v) is 8.60. The van der Waals surface area contributed by atoms with Gasteiger partial charge in [0.1, 0.15) is 29.3 Å². The van der Waals surface area contributed by atoms with Crippen molar-refractivity contribution in [1.29, 1.82) is 0 Å². The number of rotatable bonds is 4. The third-order valence-electron chi connectivity index (χ3n) is 5.61. The van der Waals surface area contributed by atoms with E-state index in [0.29, 0.717) is 17.7 Å².